The van der Waals surface area contributed by atoms with E-state index in [1.165, 1.54) is 0 Å². The second-order valence-corrected chi connectivity index (χ2v) is 4.53. The monoisotopic (exact) mass is 169 g/mol. The summed E-state index contributed by atoms with van der Waals surface area (Å²) in [5.41, 5.74) is 1.03. The van der Waals surface area contributed by atoms with Crippen LogP contribution in [0.2, 0.25) is 0 Å². The second kappa shape index (κ2) is 2.24. The van der Waals surface area contributed by atoms with Gasteiger partial charge in [0.25, 0.3) is 0 Å². The second-order valence-electron chi connectivity index (χ2n) is 2.57. The molecule has 0 saturated heterocycles. The standard InChI is InChI=1S/C8H9O2S/c9-11(10)6-5-7-3-1-2-4-8(7)11/h1-4,6,9-10H,5H2. The number of hydrogen-bond donors (Lipinski definition) is 2. The van der Waals surface area contributed by atoms with Gasteiger partial charge in [0.1, 0.15) is 0 Å². The molecule has 0 aromatic heterocycles. The van der Waals surface area contributed by atoms with E-state index >= 15 is 0 Å². The van der Waals surface area contributed by atoms with Crippen LogP contribution in [-0.2, 0) is 6.42 Å². The lowest BCUT2D eigenvalue weighted by Gasteiger charge is -2.26. The van der Waals surface area contributed by atoms with Gasteiger partial charge < -0.3 is 0 Å². The average Bonchev–Trinajstić information content (AvgIpc) is 2.29. The molecule has 11 heavy (non-hydrogen) atoms. The van der Waals surface area contributed by atoms with Crippen molar-refractivity contribution >= 4 is 10.6 Å². The van der Waals surface area contributed by atoms with Gasteiger partial charge in [0, 0.05) is 0 Å². The van der Waals surface area contributed by atoms with Crippen LogP contribution < -0.4 is 0 Å². The van der Waals surface area contributed by atoms with Crippen LogP contribution in [-0.4, -0.2) is 9.11 Å². The van der Waals surface area contributed by atoms with Gasteiger partial charge in [-0.15, -0.1) is 0 Å². The lowest BCUT2D eigenvalue weighted by Crippen LogP contribution is -1.90. The molecule has 0 saturated carbocycles. The van der Waals surface area contributed by atoms with Crippen LogP contribution in [0, 0.1) is 5.75 Å². The highest BCUT2D eigenvalue weighted by atomic mass is 32.3. The van der Waals surface area contributed by atoms with Gasteiger partial charge in [0.15, 0.2) is 0 Å². The van der Waals surface area contributed by atoms with Crippen molar-refractivity contribution < 1.29 is 9.11 Å². The Bertz CT molecular complexity index is 283. The first-order chi connectivity index (χ1) is 5.20. The molecule has 1 radical (unpaired) electrons. The molecule has 0 bridgehead atoms. The Labute approximate surface area is 67.2 Å². The SMILES string of the molecule is OS1(O)[CH]Cc2ccccc21. The summed E-state index contributed by atoms with van der Waals surface area (Å²) in [4.78, 5) is 0.694. The molecule has 1 heterocycles. The molecule has 0 fully saturated rings. The van der Waals surface area contributed by atoms with Crippen LogP contribution in [0.5, 0.6) is 0 Å². The van der Waals surface area contributed by atoms with Crippen LogP contribution in [0.1, 0.15) is 5.56 Å². The van der Waals surface area contributed by atoms with Crippen molar-refractivity contribution in [1.82, 2.24) is 0 Å². The molecule has 0 spiro atoms. The zero-order valence-corrected chi connectivity index (χ0v) is 6.71. The quantitative estimate of drug-likeness (QED) is 0.626. The van der Waals surface area contributed by atoms with Gasteiger partial charge in [-0.2, -0.15) is 10.6 Å². The molecule has 3 heteroatoms. The molecule has 1 aliphatic rings. The third kappa shape index (κ3) is 1.05. The van der Waals surface area contributed by atoms with Crippen LogP contribution >= 0.6 is 10.6 Å². The molecule has 2 N–H and O–H groups in total. The number of hydrogen-bond acceptors (Lipinski definition) is 2. The van der Waals surface area contributed by atoms with E-state index in [9.17, 15) is 9.11 Å². The average molecular weight is 169 g/mol. The molecule has 0 aliphatic carbocycles. The maximum Gasteiger partial charge on any atom is 0.0785 e. The van der Waals surface area contributed by atoms with Crippen molar-refractivity contribution in [2.75, 3.05) is 0 Å². The minimum atomic E-state index is -2.53. The molecular weight excluding hydrogens is 160 g/mol. The Balaban J connectivity index is 2.56. The summed E-state index contributed by atoms with van der Waals surface area (Å²) in [6, 6.07) is 7.43. The van der Waals surface area contributed by atoms with Crippen molar-refractivity contribution in [3.05, 3.63) is 35.6 Å². The van der Waals surface area contributed by atoms with E-state index in [1.807, 2.05) is 18.2 Å². The maximum atomic E-state index is 9.43. The highest BCUT2D eigenvalue weighted by molar-refractivity contribution is 8.26. The van der Waals surface area contributed by atoms with Crippen LogP contribution in [0.3, 0.4) is 0 Å². The van der Waals surface area contributed by atoms with E-state index in [0.29, 0.717) is 11.3 Å². The van der Waals surface area contributed by atoms with E-state index < -0.39 is 10.6 Å². The fraction of sp³-hybridized carbons (Fsp3) is 0.125. The third-order valence-corrected chi connectivity index (χ3v) is 3.51. The van der Waals surface area contributed by atoms with Crippen molar-refractivity contribution in [1.29, 1.82) is 0 Å². The molecule has 2 rings (SSSR count). The summed E-state index contributed by atoms with van der Waals surface area (Å²) < 4.78 is 18.9. The predicted molar refractivity (Wildman–Crippen MR) is 45.6 cm³/mol. The maximum absolute atomic E-state index is 9.43. The minimum Gasteiger partial charge on any atom is -0.295 e. The Kier molecular flexibility index (Phi) is 1.45. The van der Waals surface area contributed by atoms with E-state index in [4.69, 9.17) is 0 Å². The molecule has 0 amide bonds. The summed E-state index contributed by atoms with van der Waals surface area (Å²) in [5.74, 6) is 1.58. The zero-order chi connectivity index (χ0) is 7.90. The first kappa shape index (κ1) is 7.16. The predicted octanol–water partition coefficient (Wildman–Crippen LogP) is 2.51. The van der Waals surface area contributed by atoms with E-state index in [1.54, 1.807) is 11.8 Å². The summed E-state index contributed by atoms with van der Waals surface area (Å²) in [6.45, 7) is 0. The number of fused-ring (bicyclic) bond motifs is 1. The molecule has 59 valence electrons. The van der Waals surface area contributed by atoms with Crippen LogP contribution in [0.25, 0.3) is 0 Å². The minimum absolute atomic E-state index is 0.679. The summed E-state index contributed by atoms with van der Waals surface area (Å²) in [5, 5.41) is 0. The molecule has 1 aliphatic heterocycles. The first-order valence-corrected chi connectivity index (χ1v) is 5.00. The first-order valence-electron chi connectivity index (χ1n) is 3.39. The van der Waals surface area contributed by atoms with Crippen LogP contribution in [0.4, 0.5) is 0 Å². The molecule has 1 aromatic carbocycles. The van der Waals surface area contributed by atoms with Crippen LogP contribution in [0.15, 0.2) is 29.2 Å². The lowest BCUT2D eigenvalue weighted by atomic mass is 10.2. The Morgan fingerprint density at radius 3 is 2.64 bits per heavy atom. The van der Waals surface area contributed by atoms with Gasteiger partial charge in [-0.25, -0.2) is 0 Å². The summed E-state index contributed by atoms with van der Waals surface area (Å²) in [6.07, 6.45) is 0.679. The number of benzene rings is 1. The van der Waals surface area contributed by atoms with Crippen molar-refractivity contribution in [2.45, 2.75) is 11.3 Å². The van der Waals surface area contributed by atoms with Gasteiger partial charge in [-0.05, 0) is 18.1 Å². The Morgan fingerprint density at radius 2 is 1.91 bits per heavy atom. The lowest BCUT2D eigenvalue weighted by molar-refractivity contribution is 0.498. The summed E-state index contributed by atoms with van der Waals surface area (Å²) >= 11 is 0. The normalized spacial score (nSPS) is 22.7. The van der Waals surface area contributed by atoms with Crippen molar-refractivity contribution in [2.24, 2.45) is 0 Å². The number of rotatable bonds is 0. The largest absolute Gasteiger partial charge is 0.295 e. The fourth-order valence-corrected chi connectivity index (χ4v) is 2.67. The molecule has 0 atom stereocenters. The molecule has 0 unspecified atom stereocenters. The smallest absolute Gasteiger partial charge is 0.0785 e. The molecule has 1 aromatic rings. The topological polar surface area (TPSA) is 40.5 Å². The van der Waals surface area contributed by atoms with Gasteiger partial charge in [-0.3, -0.25) is 9.11 Å². The van der Waals surface area contributed by atoms with Gasteiger partial charge >= 0.3 is 0 Å². The van der Waals surface area contributed by atoms with E-state index in [2.05, 4.69) is 0 Å². The van der Waals surface area contributed by atoms with Gasteiger partial charge in [-0.1, -0.05) is 18.2 Å². The third-order valence-electron chi connectivity index (χ3n) is 1.83. The highest BCUT2D eigenvalue weighted by Gasteiger charge is 2.25. The van der Waals surface area contributed by atoms with Gasteiger partial charge in [0.05, 0.1) is 10.6 Å². The highest BCUT2D eigenvalue weighted by Crippen LogP contribution is 2.57. The van der Waals surface area contributed by atoms with E-state index in [-0.39, 0.29) is 0 Å². The zero-order valence-electron chi connectivity index (χ0n) is 5.90. The Morgan fingerprint density at radius 1 is 1.18 bits per heavy atom. The van der Waals surface area contributed by atoms with Crippen molar-refractivity contribution in [3.8, 4) is 0 Å². The molecule has 2 nitrogen and oxygen atoms in total. The van der Waals surface area contributed by atoms with E-state index in [0.717, 1.165) is 5.56 Å². The van der Waals surface area contributed by atoms with Crippen molar-refractivity contribution in [3.63, 3.8) is 0 Å². The van der Waals surface area contributed by atoms with Gasteiger partial charge in [0.2, 0.25) is 0 Å². The summed E-state index contributed by atoms with van der Waals surface area (Å²) in [7, 11) is -2.53. The fourth-order valence-electron chi connectivity index (χ4n) is 1.26. The Hall–Kier alpha value is -0.510. The molecular formula is C8H9O2S.